The van der Waals surface area contributed by atoms with Crippen molar-refractivity contribution < 1.29 is 27.5 Å². The molecule has 2 N–H and O–H groups in total. The first-order valence-corrected chi connectivity index (χ1v) is 13.5. The van der Waals surface area contributed by atoms with Gasteiger partial charge in [0.1, 0.15) is 18.0 Å². The van der Waals surface area contributed by atoms with Gasteiger partial charge < -0.3 is 14.8 Å². The molecule has 12 heteroatoms. The van der Waals surface area contributed by atoms with Crippen LogP contribution < -0.4 is 24.5 Å². The second-order valence-electron chi connectivity index (χ2n) is 8.10. The second-order valence-corrected chi connectivity index (χ2v) is 10.4. The predicted octanol–water partition coefficient (Wildman–Crippen LogP) is 3.59. The largest absolute Gasteiger partial charge is 0.495 e. The first-order valence-electron chi connectivity index (χ1n) is 11.3. The molecule has 38 heavy (non-hydrogen) atoms. The fraction of sp³-hybridized carbons (Fsp3) is 0.192. The van der Waals surface area contributed by atoms with Crippen LogP contribution in [0, 0.1) is 6.92 Å². The topological polar surface area (TPSA) is 126 Å². The van der Waals surface area contributed by atoms with Gasteiger partial charge in [0.2, 0.25) is 10.0 Å². The molecule has 10 nitrogen and oxygen atoms in total. The number of para-hydroxylation sites is 2. The first-order chi connectivity index (χ1) is 18.1. The molecule has 0 saturated heterocycles. The van der Waals surface area contributed by atoms with Crippen LogP contribution in [0.25, 0.3) is 0 Å². The summed E-state index contributed by atoms with van der Waals surface area (Å²) in [6.07, 6.45) is 2.40. The number of nitrogens with zero attached hydrogens (tertiary/aromatic N) is 2. The molecule has 200 valence electrons. The zero-order valence-electron chi connectivity index (χ0n) is 21.0. The highest BCUT2D eigenvalue weighted by atomic mass is 35.5. The number of hydrazone groups is 1. The third kappa shape index (κ3) is 8.22. The minimum atomic E-state index is -3.74. The number of rotatable bonds is 11. The molecule has 0 unspecified atom stereocenters. The van der Waals surface area contributed by atoms with Gasteiger partial charge in [-0.25, -0.2) is 13.8 Å². The van der Waals surface area contributed by atoms with Crippen molar-refractivity contribution >= 4 is 51.0 Å². The maximum absolute atomic E-state index is 12.4. The Bertz CT molecular complexity index is 1430. The molecule has 3 rings (SSSR count). The fourth-order valence-electron chi connectivity index (χ4n) is 3.21. The highest BCUT2D eigenvalue weighted by molar-refractivity contribution is 7.92. The van der Waals surface area contributed by atoms with Crippen molar-refractivity contribution in [2.75, 3.05) is 36.1 Å². The number of aryl methyl sites for hydroxylation is 1. The highest BCUT2D eigenvalue weighted by Gasteiger charge is 2.21. The summed E-state index contributed by atoms with van der Waals surface area (Å²) in [5.41, 5.74) is 4.55. The predicted molar refractivity (Wildman–Crippen MR) is 148 cm³/mol. The summed E-state index contributed by atoms with van der Waals surface area (Å²) in [7, 11) is -2.23. The molecule has 0 fully saturated rings. The van der Waals surface area contributed by atoms with Gasteiger partial charge in [0.05, 0.1) is 31.0 Å². The molecule has 0 spiro atoms. The fourth-order valence-corrected chi connectivity index (χ4v) is 4.24. The Hall–Kier alpha value is -4.09. The van der Waals surface area contributed by atoms with Crippen LogP contribution in [0.5, 0.6) is 11.5 Å². The van der Waals surface area contributed by atoms with Crippen molar-refractivity contribution in [3.05, 3.63) is 82.9 Å². The summed E-state index contributed by atoms with van der Waals surface area (Å²) in [6.45, 7) is 1.11. The van der Waals surface area contributed by atoms with Crippen molar-refractivity contribution in [1.82, 2.24) is 5.43 Å². The van der Waals surface area contributed by atoms with Crippen LogP contribution in [-0.4, -0.2) is 53.0 Å². The van der Waals surface area contributed by atoms with Gasteiger partial charge in [0.25, 0.3) is 11.8 Å². The van der Waals surface area contributed by atoms with Crippen LogP contribution in [-0.2, 0) is 19.6 Å². The molecule has 0 atom stereocenters. The lowest BCUT2D eigenvalue weighted by molar-refractivity contribution is -0.119. The van der Waals surface area contributed by atoms with E-state index in [-0.39, 0.29) is 18.2 Å². The number of anilines is 2. The molecule has 0 aliphatic carbocycles. The van der Waals surface area contributed by atoms with E-state index in [1.165, 1.54) is 19.4 Å². The molecule has 0 saturated carbocycles. The minimum Gasteiger partial charge on any atom is -0.495 e. The Labute approximate surface area is 226 Å². The third-order valence-electron chi connectivity index (χ3n) is 5.16. The lowest BCUT2D eigenvalue weighted by Crippen LogP contribution is -2.39. The molecule has 0 radical (unpaired) electrons. The number of hydrogen-bond acceptors (Lipinski definition) is 7. The van der Waals surface area contributed by atoms with Gasteiger partial charge in [-0.15, -0.1) is 0 Å². The third-order valence-corrected chi connectivity index (χ3v) is 6.71. The number of carbonyl (C=O) groups is 2. The number of carbonyl (C=O) groups excluding carboxylic acids is 2. The van der Waals surface area contributed by atoms with Crippen molar-refractivity contribution in [3.63, 3.8) is 0 Å². The van der Waals surface area contributed by atoms with Gasteiger partial charge in [-0.3, -0.25) is 13.9 Å². The number of methoxy groups -OCH3 is 1. The minimum absolute atomic E-state index is 0.204. The Balaban J connectivity index is 1.51. The highest BCUT2D eigenvalue weighted by Crippen LogP contribution is 2.25. The van der Waals surface area contributed by atoms with Crippen molar-refractivity contribution in [3.8, 4) is 11.5 Å². The molecule has 0 aliphatic rings. The lowest BCUT2D eigenvalue weighted by atomic mass is 10.2. The summed E-state index contributed by atoms with van der Waals surface area (Å²) in [5.74, 6) is 0.0188. The molecule has 0 aromatic heterocycles. The number of nitrogens with one attached hydrogen (secondary N) is 2. The maximum Gasteiger partial charge on any atom is 0.262 e. The molecular formula is C26H27ClN4O6S. The monoisotopic (exact) mass is 558 g/mol. The summed E-state index contributed by atoms with van der Waals surface area (Å²) >= 11 is 6.11. The quantitative estimate of drug-likeness (QED) is 0.273. The van der Waals surface area contributed by atoms with Crippen LogP contribution in [0.15, 0.2) is 71.8 Å². The van der Waals surface area contributed by atoms with E-state index >= 15 is 0 Å². The van der Waals surface area contributed by atoms with E-state index in [9.17, 15) is 18.0 Å². The second kappa shape index (κ2) is 12.9. The zero-order valence-corrected chi connectivity index (χ0v) is 22.5. The van der Waals surface area contributed by atoms with Crippen LogP contribution in [0.4, 0.5) is 11.4 Å². The summed E-state index contributed by atoms with van der Waals surface area (Å²) in [6, 6.07) is 18.4. The van der Waals surface area contributed by atoms with E-state index in [1.54, 1.807) is 67.6 Å². The van der Waals surface area contributed by atoms with Gasteiger partial charge in [0.15, 0.2) is 6.61 Å². The number of amides is 2. The lowest BCUT2D eigenvalue weighted by Gasteiger charge is -2.21. The zero-order chi connectivity index (χ0) is 27.7. The van der Waals surface area contributed by atoms with Crippen molar-refractivity contribution in [2.24, 2.45) is 5.10 Å². The molecule has 0 aliphatic heterocycles. The van der Waals surface area contributed by atoms with Crippen molar-refractivity contribution in [1.29, 1.82) is 0 Å². The van der Waals surface area contributed by atoms with Crippen LogP contribution in [0.1, 0.15) is 11.1 Å². The van der Waals surface area contributed by atoms with Gasteiger partial charge >= 0.3 is 0 Å². The van der Waals surface area contributed by atoms with Crippen LogP contribution in [0.3, 0.4) is 0 Å². The van der Waals surface area contributed by atoms with Crippen LogP contribution >= 0.6 is 11.6 Å². The SMILES string of the molecule is COc1ccccc1NC(=O)COc1ccc(/C=N\NC(=O)CN(c2ccc(C)c(Cl)c2)S(C)(=O)=O)cc1. The van der Waals surface area contributed by atoms with Crippen LogP contribution in [0.2, 0.25) is 5.02 Å². The Morgan fingerprint density at radius 3 is 2.42 bits per heavy atom. The standard InChI is InChI=1S/C26H27ClN4O6S/c1-18-8-11-20(14-22(18)27)31(38(3,34)35)16-25(32)30-28-15-19-9-12-21(13-10-19)37-17-26(33)29-23-6-4-5-7-24(23)36-2/h4-15H,16-17H2,1-3H3,(H,29,33)(H,30,32)/b28-15-. The number of halogens is 1. The molecule has 0 heterocycles. The average Bonchev–Trinajstić information content (AvgIpc) is 2.88. The van der Waals surface area contributed by atoms with E-state index in [1.807, 2.05) is 0 Å². The van der Waals surface area contributed by atoms with E-state index in [0.717, 1.165) is 16.1 Å². The molecule has 3 aromatic carbocycles. The van der Waals surface area contributed by atoms with Gasteiger partial charge in [-0.1, -0.05) is 29.8 Å². The summed E-state index contributed by atoms with van der Waals surface area (Å²) < 4.78 is 36.1. The average molecular weight is 559 g/mol. The van der Waals surface area contributed by atoms with Crippen molar-refractivity contribution in [2.45, 2.75) is 6.92 Å². The maximum atomic E-state index is 12.4. The smallest absolute Gasteiger partial charge is 0.262 e. The summed E-state index contributed by atoms with van der Waals surface area (Å²) in [5, 5.41) is 6.99. The Kier molecular flexibility index (Phi) is 9.69. The molecule has 2 amide bonds. The molecule has 3 aromatic rings. The molecule has 0 bridgehead atoms. The number of benzene rings is 3. The van der Waals surface area contributed by atoms with E-state index < -0.39 is 22.5 Å². The van der Waals surface area contributed by atoms with Gasteiger partial charge in [-0.2, -0.15) is 5.10 Å². The van der Waals surface area contributed by atoms with Gasteiger partial charge in [-0.05, 0) is 66.6 Å². The summed E-state index contributed by atoms with van der Waals surface area (Å²) in [4.78, 5) is 24.5. The van der Waals surface area contributed by atoms with Gasteiger partial charge in [0, 0.05) is 5.02 Å². The number of hydrogen-bond donors (Lipinski definition) is 2. The Morgan fingerprint density at radius 2 is 1.76 bits per heavy atom. The molecular weight excluding hydrogens is 532 g/mol. The van der Waals surface area contributed by atoms with E-state index in [0.29, 0.717) is 27.8 Å². The number of sulfonamides is 1. The normalized spacial score (nSPS) is 11.2. The first kappa shape index (κ1) is 28.5. The van der Waals surface area contributed by atoms with E-state index in [2.05, 4.69) is 15.8 Å². The number of ether oxygens (including phenoxy) is 2. The van der Waals surface area contributed by atoms with E-state index in [4.69, 9.17) is 21.1 Å². The Morgan fingerprint density at radius 1 is 1.05 bits per heavy atom.